The number of sulfonamides is 1. The summed E-state index contributed by atoms with van der Waals surface area (Å²) in [7, 11) is -3.84. The van der Waals surface area contributed by atoms with E-state index in [4.69, 9.17) is 4.74 Å². The summed E-state index contributed by atoms with van der Waals surface area (Å²) in [6.07, 6.45) is 0.117. The van der Waals surface area contributed by atoms with Crippen LogP contribution >= 0.6 is 11.3 Å². The molecule has 0 bridgehead atoms. The smallest absolute Gasteiger partial charge is 0.263 e. The Morgan fingerprint density at radius 2 is 1.82 bits per heavy atom. The minimum Gasteiger partial charge on any atom is -0.378 e. The topological polar surface area (TPSA) is 106 Å². The van der Waals surface area contributed by atoms with E-state index in [-0.39, 0.29) is 28.1 Å². The molecule has 2 aromatic carbocycles. The molecule has 8 nitrogen and oxygen atoms in total. The number of carbonyl (C=O) groups is 2. The van der Waals surface area contributed by atoms with Crippen LogP contribution in [-0.2, 0) is 26.0 Å². The zero-order valence-corrected chi connectivity index (χ0v) is 19.6. The quantitative estimate of drug-likeness (QED) is 0.515. The lowest BCUT2D eigenvalue weighted by Crippen LogP contribution is -2.41. The number of Topliss-reactive ketones (excluding diaryl/α,β-unsaturated/α-hetero) is 1. The second kappa shape index (κ2) is 9.82. The van der Waals surface area contributed by atoms with Gasteiger partial charge in [0.25, 0.3) is 10.0 Å². The van der Waals surface area contributed by atoms with Gasteiger partial charge in [0.1, 0.15) is 0 Å². The minimum atomic E-state index is -3.84. The summed E-state index contributed by atoms with van der Waals surface area (Å²) in [6.45, 7) is 3.65. The molecule has 172 valence electrons. The summed E-state index contributed by atoms with van der Waals surface area (Å²) in [6, 6.07) is 13.6. The summed E-state index contributed by atoms with van der Waals surface area (Å²) >= 11 is 1.14. The van der Waals surface area contributed by atoms with Crippen molar-refractivity contribution in [3.8, 4) is 11.1 Å². The minimum absolute atomic E-state index is 0.0327. The van der Waals surface area contributed by atoms with E-state index in [2.05, 4.69) is 9.71 Å². The number of hydrogen-bond acceptors (Lipinski definition) is 7. The molecule has 2 heterocycles. The zero-order chi connectivity index (χ0) is 23.4. The molecule has 0 aliphatic carbocycles. The molecule has 1 saturated heterocycles. The summed E-state index contributed by atoms with van der Waals surface area (Å²) < 4.78 is 33.3. The number of thiazole rings is 1. The molecule has 3 aromatic rings. The average Bonchev–Trinajstić information content (AvgIpc) is 3.25. The third kappa shape index (κ3) is 5.65. The SMILES string of the molecule is CC(=O)c1cccc(-c2ccc(S(=O)(=O)Nc3nc(CC(=O)N4CCOCC4)cs3)cc2)c1. The van der Waals surface area contributed by atoms with E-state index in [1.165, 1.54) is 19.1 Å². The van der Waals surface area contributed by atoms with Crippen molar-refractivity contribution in [2.24, 2.45) is 0 Å². The van der Waals surface area contributed by atoms with E-state index in [1.54, 1.807) is 40.6 Å². The fourth-order valence-electron chi connectivity index (χ4n) is 3.43. The lowest BCUT2D eigenvalue weighted by molar-refractivity contribution is -0.134. The van der Waals surface area contributed by atoms with Crippen molar-refractivity contribution in [3.05, 3.63) is 65.2 Å². The molecule has 1 N–H and O–H groups in total. The van der Waals surface area contributed by atoms with Crippen molar-refractivity contribution in [2.75, 3.05) is 31.0 Å². The van der Waals surface area contributed by atoms with Gasteiger partial charge in [-0.2, -0.15) is 0 Å². The van der Waals surface area contributed by atoms with Gasteiger partial charge < -0.3 is 9.64 Å². The molecule has 0 saturated carbocycles. The number of nitrogens with one attached hydrogen (secondary N) is 1. The number of benzene rings is 2. The van der Waals surface area contributed by atoms with Crippen LogP contribution in [0.5, 0.6) is 0 Å². The Labute approximate surface area is 196 Å². The molecule has 10 heteroatoms. The van der Waals surface area contributed by atoms with E-state index in [1.807, 2.05) is 6.07 Å². The van der Waals surface area contributed by atoms with Gasteiger partial charge in [-0.15, -0.1) is 11.3 Å². The monoisotopic (exact) mass is 485 g/mol. The van der Waals surface area contributed by atoms with Crippen molar-refractivity contribution >= 4 is 38.2 Å². The highest BCUT2D eigenvalue weighted by molar-refractivity contribution is 7.93. The van der Waals surface area contributed by atoms with Crippen LogP contribution in [0.15, 0.2) is 58.8 Å². The van der Waals surface area contributed by atoms with Crippen molar-refractivity contribution in [3.63, 3.8) is 0 Å². The number of nitrogens with zero attached hydrogens (tertiary/aromatic N) is 2. The number of rotatable bonds is 7. The van der Waals surface area contributed by atoms with Gasteiger partial charge in [0.05, 0.1) is 30.2 Å². The van der Waals surface area contributed by atoms with Crippen LogP contribution in [0.1, 0.15) is 23.0 Å². The van der Waals surface area contributed by atoms with Gasteiger partial charge in [0.15, 0.2) is 10.9 Å². The first-order valence-corrected chi connectivity index (χ1v) is 12.7. The van der Waals surface area contributed by atoms with Crippen molar-refractivity contribution in [2.45, 2.75) is 18.2 Å². The number of hydrogen-bond donors (Lipinski definition) is 1. The second-order valence-electron chi connectivity index (χ2n) is 7.58. The first kappa shape index (κ1) is 23.1. The van der Waals surface area contributed by atoms with Crippen LogP contribution in [0, 0.1) is 0 Å². The first-order valence-electron chi connectivity index (χ1n) is 10.4. The predicted octanol–water partition coefficient (Wildman–Crippen LogP) is 3.21. The Morgan fingerprint density at radius 3 is 2.52 bits per heavy atom. The number of anilines is 1. The highest BCUT2D eigenvalue weighted by Gasteiger charge is 2.20. The van der Waals surface area contributed by atoms with Crippen LogP contribution in [0.2, 0.25) is 0 Å². The van der Waals surface area contributed by atoms with Crippen molar-refractivity contribution < 1.29 is 22.7 Å². The Bertz CT molecular complexity index is 1260. The lowest BCUT2D eigenvalue weighted by atomic mass is 10.0. The van der Waals surface area contributed by atoms with Gasteiger partial charge in [0.2, 0.25) is 5.91 Å². The highest BCUT2D eigenvalue weighted by atomic mass is 32.2. The molecule has 1 aliphatic heterocycles. The normalized spacial score (nSPS) is 14.2. The number of amides is 1. The molecular weight excluding hydrogens is 462 g/mol. The molecule has 4 rings (SSSR count). The van der Waals surface area contributed by atoms with E-state index in [9.17, 15) is 18.0 Å². The molecular formula is C23H23N3O5S2. The number of aromatic nitrogens is 1. The van der Waals surface area contributed by atoms with Crippen molar-refractivity contribution in [1.82, 2.24) is 9.88 Å². The second-order valence-corrected chi connectivity index (χ2v) is 10.1. The van der Waals surface area contributed by atoms with Crippen LogP contribution < -0.4 is 4.72 Å². The molecule has 1 aliphatic rings. The maximum atomic E-state index is 12.8. The van der Waals surface area contributed by atoms with Crippen LogP contribution in [0.25, 0.3) is 11.1 Å². The number of carbonyl (C=O) groups excluding carboxylic acids is 2. The third-order valence-electron chi connectivity index (χ3n) is 5.24. The molecule has 0 atom stereocenters. The van der Waals surface area contributed by atoms with Crippen molar-refractivity contribution in [1.29, 1.82) is 0 Å². The van der Waals surface area contributed by atoms with Gasteiger partial charge in [-0.25, -0.2) is 13.4 Å². The molecule has 33 heavy (non-hydrogen) atoms. The van der Waals surface area contributed by atoms with E-state index >= 15 is 0 Å². The van der Waals surface area contributed by atoms with Gasteiger partial charge in [-0.1, -0.05) is 30.3 Å². The third-order valence-corrected chi connectivity index (χ3v) is 7.53. The molecule has 0 spiro atoms. The molecule has 0 radical (unpaired) electrons. The maximum absolute atomic E-state index is 12.8. The van der Waals surface area contributed by atoms with Crippen LogP contribution in [-0.4, -0.2) is 56.3 Å². The Balaban J connectivity index is 1.43. The largest absolute Gasteiger partial charge is 0.378 e. The summed E-state index contributed by atoms with van der Waals surface area (Å²) in [5, 5.41) is 1.89. The van der Waals surface area contributed by atoms with Crippen LogP contribution in [0.3, 0.4) is 0 Å². The first-order chi connectivity index (χ1) is 15.8. The standard InChI is InChI=1S/C23H23N3O5S2/c1-16(27)18-3-2-4-19(13-18)17-5-7-21(8-6-17)33(29,30)25-23-24-20(15-32-23)14-22(28)26-9-11-31-12-10-26/h2-8,13,15H,9-12,14H2,1H3,(H,24,25). The summed E-state index contributed by atoms with van der Waals surface area (Å²) in [4.78, 5) is 30.1. The number of ether oxygens (including phenoxy) is 1. The molecule has 1 amide bonds. The van der Waals surface area contributed by atoms with Gasteiger partial charge in [0, 0.05) is 24.0 Å². The Hall–Kier alpha value is -3.08. The van der Waals surface area contributed by atoms with Crippen LogP contribution in [0.4, 0.5) is 5.13 Å². The predicted molar refractivity (Wildman–Crippen MR) is 126 cm³/mol. The number of morpholine rings is 1. The Kier molecular flexibility index (Phi) is 6.87. The zero-order valence-electron chi connectivity index (χ0n) is 18.0. The fourth-order valence-corrected chi connectivity index (χ4v) is 5.40. The van der Waals surface area contributed by atoms with E-state index in [0.717, 1.165) is 22.5 Å². The van der Waals surface area contributed by atoms with E-state index in [0.29, 0.717) is 37.6 Å². The van der Waals surface area contributed by atoms with Gasteiger partial charge >= 0.3 is 0 Å². The summed E-state index contributed by atoms with van der Waals surface area (Å²) in [5.41, 5.74) is 2.75. The fraction of sp³-hybridized carbons (Fsp3) is 0.261. The lowest BCUT2D eigenvalue weighted by Gasteiger charge is -2.26. The highest BCUT2D eigenvalue weighted by Crippen LogP contribution is 2.25. The van der Waals surface area contributed by atoms with Gasteiger partial charge in [-0.05, 0) is 36.2 Å². The Morgan fingerprint density at radius 1 is 1.09 bits per heavy atom. The van der Waals surface area contributed by atoms with E-state index < -0.39 is 10.0 Å². The summed E-state index contributed by atoms with van der Waals surface area (Å²) in [5.74, 6) is -0.0860. The number of ketones is 1. The molecule has 1 fully saturated rings. The molecule has 0 unspecified atom stereocenters. The van der Waals surface area contributed by atoms with Gasteiger partial charge in [-0.3, -0.25) is 14.3 Å². The molecule has 1 aromatic heterocycles. The maximum Gasteiger partial charge on any atom is 0.263 e. The average molecular weight is 486 g/mol.